The lowest BCUT2D eigenvalue weighted by Crippen LogP contribution is -2.30. The number of anilines is 2. The van der Waals surface area contributed by atoms with E-state index in [0.29, 0.717) is 28.0 Å². The van der Waals surface area contributed by atoms with Gasteiger partial charge in [0.1, 0.15) is 23.3 Å². The molecule has 0 radical (unpaired) electrons. The number of amides is 2. The molecule has 1 fully saturated rings. The number of rotatable bonds is 7. The van der Waals surface area contributed by atoms with E-state index in [9.17, 15) is 9.59 Å². The van der Waals surface area contributed by atoms with Crippen LogP contribution in [0.3, 0.4) is 0 Å². The van der Waals surface area contributed by atoms with Crippen molar-refractivity contribution in [3.63, 3.8) is 0 Å². The number of nitrogens with one attached hydrogen (secondary N) is 2. The molecule has 0 aromatic heterocycles. The predicted octanol–water partition coefficient (Wildman–Crippen LogP) is 4.94. The molecule has 192 valence electrons. The number of piperidine rings is 1. The highest BCUT2D eigenvalue weighted by molar-refractivity contribution is 6.31. The molecule has 1 heterocycles. The third kappa shape index (κ3) is 10.9. The molecule has 10 heteroatoms. The first-order valence-corrected chi connectivity index (χ1v) is 12.3. The van der Waals surface area contributed by atoms with Crippen LogP contribution < -0.4 is 10.6 Å². The molecular weight excluding hydrogens is 513 g/mol. The van der Waals surface area contributed by atoms with Gasteiger partial charge in [-0.3, -0.25) is 14.5 Å². The molecule has 1 aliphatic rings. The Morgan fingerprint density at radius 2 is 1.35 bits per heavy atom. The third-order valence-corrected chi connectivity index (χ3v) is 5.66. The van der Waals surface area contributed by atoms with Gasteiger partial charge in [-0.25, -0.2) is 0 Å². The first-order chi connectivity index (χ1) is 17.9. The average Bonchev–Trinajstić information content (AvgIpc) is 2.88. The summed E-state index contributed by atoms with van der Waals surface area (Å²) in [5, 5.41) is 32.6. The molecule has 0 saturated carbocycles. The molecule has 1 saturated heterocycles. The number of nitriles is 2. The fraction of sp³-hybridized carbons (Fsp3) is 0.259. The van der Waals surface area contributed by atoms with Crippen molar-refractivity contribution in [1.29, 1.82) is 10.5 Å². The summed E-state index contributed by atoms with van der Waals surface area (Å²) in [6, 6.07) is 17.1. The summed E-state index contributed by atoms with van der Waals surface area (Å²) in [6.07, 6.45) is 6.47. The molecule has 0 spiro atoms. The summed E-state index contributed by atoms with van der Waals surface area (Å²) in [4.78, 5) is 25.8. The van der Waals surface area contributed by atoms with Crippen LogP contribution in [0.4, 0.5) is 11.4 Å². The molecule has 0 bridgehead atoms. The maximum atomic E-state index is 12.1. The Kier molecular flexibility index (Phi) is 12.9. The van der Waals surface area contributed by atoms with Crippen LogP contribution in [0.1, 0.15) is 19.3 Å². The molecule has 2 amide bonds. The lowest BCUT2D eigenvalue weighted by molar-refractivity contribution is -0.113. The zero-order chi connectivity index (χ0) is 27.0. The maximum Gasteiger partial charge on any atom is 0.266 e. The number of aliphatic hydroxyl groups is 1. The molecule has 8 nitrogen and oxygen atoms in total. The van der Waals surface area contributed by atoms with E-state index < -0.39 is 11.8 Å². The molecule has 0 unspecified atom stereocenters. The van der Waals surface area contributed by atoms with Crippen LogP contribution in [0.15, 0.2) is 71.8 Å². The molecular formula is C27H27Cl2N5O3. The molecule has 2 aromatic rings. The minimum atomic E-state index is -0.571. The van der Waals surface area contributed by atoms with Crippen LogP contribution in [-0.4, -0.2) is 48.1 Å². The van der Waals surface area contributed by atoms with Crippen LogP contribution in [-0.2, 0) is 9.59 Å². The Bertz CT molecular complexity index is 1230. The Balaban J connectivity index is 0.000000271. The fourth-order valence-electron chi connectivity index (χ4n) is 3.36. The van der Waals surface area contributed by atoms with Gasteiger partial charge in [0, 0.05) is 28.0 Å². The van der Waals surface area contributed by atoms with Gasteiger partial charge in [-0.1, -0.05) is 41.8 Å². The summed E-state index contributed by atoms with van der Waals surface area (Å²) < 4.78 is 0. The van der Waals surface area contributed by atoms with E-state index in [0.717, 1.165) is 19.2 Å². The number of aliphatic hydroxyl groups excluding tert-OH is 1. The second-order valence-corrected chi connectivity index (χ2v) is 8.80. The number of hydrogen-bond acceptors (Lipinski definition) is 6. The van der Waals surface area contributed by atoms with Gasteiger partial charge in [0.15, 0.2) is 0 Å². The van der Waals surface area contributed by atoms with Crippen LogP contribution in [0.2, 0.25) is 10.0 Å². The van der Waals surface area contributed by atoms with Gasteiger partial charge in [0.25, 0.3) is 11.8 Å². The lowest BCUT2D eigenvalue weighted by Gasteiger charge is -2.24. The smallest absolute Gasteiger partial charge is 0.266 e. The van der Waals surface area contributed by atoms with Crippen molar-refractivity contribution in [3.8, 4) is 12.1 Å². The maximum absolute atomic E-state index is 12.1. The first kappa shape index (κ1) is 29.6. The number of carbonyl (C=O) groups is 2. The van der Waals surface area contributed by atoms with E-state index in [1.807, 2.05) is 6.07 Å². The van der Waals surface area contributed by atoms with E-state index in [2.05, 4.69) is 15.5 Å². The molecule has 37 heavy (non-hydrogen) atoms. The molecule has 0 atom stereocenters. The van der Waals surface area contributed by atoms with Crippen molar-refractivity contribution in [3.05, 3.63) is 81.9 Å². The van der Waals surface area contributed by atoms with Gasteiger partial charge < -0.3 is 15.7 Å². The Hall–Kier alpha value is -3.66. The van der Waals surface area contributed by atoms with Crippen LogP contribution in [0.25, 0.3) is 0 Å². The molecule has 3 N–H and O–H groups in total. The zero-order valence-electron chi connectivity index (χ0n) is 20.1. The summed E-state index contributed by atoms with van der Waals surface area (Å²) in [5.74, 6) is -0.962. The van der Waals surface area contributed by atoms with E-state index in [-0.39, 0.29) is 17.8 Å². The van der Waals surface area contributed by atoms with Gasteiger partial charge >= 0.3 is 0 Å². The number of halogens is 2. The van der Waals surface area contributed by atoms with E-state index in [1.165, 1.54) is 19.3 Å². The average molecular weight is 540 g/mol. The number of benzene rings is 2. The zero-order valence-corrected chi connectivity index (χ0v) is 21.6. The minimum Gasteiger partial charge on any atom is -0.392 e. The second-order valence-electron chi connectivity index (χ2n) is 7.93. The van der Waals surface area contributed by atoms with Crippen LogP contribution in [0.5, 0.6) is 0 Å². The van der Waals surface area contributed by atoms with Gasteiger partial charge in [-0.15, -0.1) is 0 Å². The summed E-state index contributed by atoms with van der Waals surface area (Å²) >= 11 is 11.6. The quantitative estimate of drug-likeness (QED) is 0.337. The van der Waals surface area contributed by atoms with Crippen molar-refractivity contribution >= 4 is 46.4 Å². The van der Waals surface area contributed by atoms with E-state index in [4.69, 9.17) is 38.8 Å². The van der Waals surface area contributed by atoms with Gasteiger partial charge in [-0.2, -0.15) is 10.5 Å². The number of carbonyl (C=O) groups excluding carboxylic acids is 2. The Morgan fingerprint density at radius 1 is 0.865 bits per heavy atom. The SMILES string of the molecule is N#CC(=CCN1CCCCC1)C(=O)Nc1cccc(Cl)c1.N#CC(=CCO)C(=O)Nc1cccc(Cl)c1. The predicted molar refractivity (Wildman–Crippen MR) is 145 cm³/mol. The summed E-state index contributed by atoms with van der Waals surface area (Å²) in [5.41, 5.74) is 1.09. The monoisotopic (exact) mass is 539 g/mol. The highest BCUT2D eigenvalue weighted by Crippen LogP contribution is 2.17. The van der Waals surface area contributed by atoms with Crippen LogP contribution in [0, 0.1) is 22.7 Å². The van der Waals surface area contributed by atoms with Gasteiger partial charge in [0.2, 0.25) is 0 Å². The van der Waals surface area contributed by atoms with Crippen molar-refractivity contribution < 1.29 is 14.7 Å². The lowest BCUT2D eigenvalue weighted by atomic mass is 10.1. The fourth-order valence-corrected chi connectivity index (χ4v) is 3.74. The number of nitrogens with zero attached hydrogens (tertiary/aromatic N) is 3. The van der Waals surface area contributed by atoms with E-state index >= 15 is 0 Å². The highest BCUT2D eigenvalue weighted by Gasteiger charge is 2.12. The van der Waals surface area contributed by atoms with Gasteiger partial charge in [-0.05, 0) is 74.5 Å². The third-order valence-electron chi connectivity index (χ3n) is 5.19. The number of likely N-dealkylation sites (tertiary alicyclic amines) is 1. The van der Waals surface area contributed by atoms with Crippen molar-refractivity contribution in [2.24, 2.45) is 0 Å². The Morgan fingerprint density at radius 3 is 1.78 bits per heavy atom. The minimum absolute atomic E-state index is 0.137. The number of hydrogen-bond donors (Lipinski definition) is 3. The second kappa shape index (κ2) is 16.2. The van der Waals surface area contributed by atoms with E-state index in [1.54, 1.807) is 60.7 Å². The molecule has 2 aromatic carbocycles. The van der Waals surface area contributed by atoms with Crippen molar-refractivity contribution in [1.82, 2.24) is 4.90 Å². The standard InChI is InChI=1S/C16H18ClN3O.C11H9ClN2O2/c17-14-5-4-6-15(11-14)19-16(21)13(12-18)7-10-20-8-2-1-3-9-20;12-9-2-1-3-10(6-9)14-11(16)8(7-13)4-5-15/h4-7,11H,1-3,8-10H2,(H,19,21);1-4,6,15H,5H2,(H,14,16). The summed E-state index contributed by atoms with van der Waals surface area (Å²) in [7, 11) is 0. The topological polar surface area (TPSA) is 129 Å². The molecule has 3 rings (SSSR count). The van der Waals surface area contributed by atoms with Crippen molar-refractivity contribution in [2.45, 2.75) is 19.3 Å². The molecule has 1 aliphatic heterocycles. The highest BCUT2D eigenvalue weighted by atomic mass is 35.5. The van der Waals surface area contributed by atoms with Crippen LogP contribution >= 0.6 is 23.2 Å². The largest absolute Gasteiger partial charge is 0.392 e. The molecule has 0 aliphatic carbocycles. The van der Waals surface area contributed by atoms with Crippen molar-refractivity contribution in [2.75, 3.05) is 36.9 Å². The normalized spacial score (nSPS) is 13.9. The summed E-state index contributed by atoms with van der Waals surface area (Å²) in [6.45, 7) is 2.36. The Labute approximate surface area is 226 Å². The van der Waals surface area contributed by atoms with Gasteiger partial charge in [0.05, 0.1) is 6.61 Å². The first-order valence-electron chi connectivity index (χ1n) is 11.5.